The number of esters is 1. The molecule has 5 rings (SSSR count). The predicted octanol–water partition coefficient (Wildman–Crippen LogP) is 4.04. The van der Waals surface area contributed by atoms with Gasteiger partial charge >= 0.3 is 5.97 Å². The van der Waals surface area contributed by atoms with Crippen molar-refractivity contribution in [2.45, 2.75) is 36.9 Å². The Bertz CT molecular complexity index is 1610. The second kappa shape index (κ2) is 14.0. The van der Waals surface area contributed by atoms with Crippen molar-refractivity contribution in [3.05, 3.63) is 98.0 Å². The van der Waals surface area contributed by atoms with Crippen LogP contribution < -0.4 is 5.32 Å². The number of hydrogen-bond donors (Lipinski definition) is 1. The van der Waals surface area contributed by atoms with Crippen molar-refractivity contribution >= 4 is 79.7 Å². The van der Waals surface area contributed by atoms with Crippen molar-refractivity contribution in [2.75, 3.05) is 11.1 Å². The van der Waals surface area contributed by atoms with E-state index in [-0.39, 0.29) is 17.4 Å². The molecule has 3 atom stereocenters. The third kappa shape index (κ3) is 6.55. The SMILES string of the molecule is Cc1nnc(C(=S)CC2=C(C(=O)OC(c3ccccc3)c3ccccc3)N3C(=O)C(NC(=O)C(N=O)C(=O)CBr)C3SC2)s1. The molecule has 2 amide bonds. The van der Waals surface area contributed by atoms with Gasteiger partial charge in [-0.1, -0.05) is 100 Å². The number of aromatic nitrogens is 2. The van der Waals surface area contributed by atoms with E-state index in [1.54, 1.807) is 0 Å². The lowest BCUT2D eigenvalue weighted by atomic mass is 9.99. The van der Waals surface area contributed by atoms with E-state index in [0.29, 0.717) is 21.2 Å². The Balaban J connectivity index is 1.47. The highest BCUT2D eigenvalue weighted by Gasteiger charge is 2.55. The molecule has 3 aromatic rings. The maximum Gasteiger partial charge on any atom is 0.356 e. The molecule has 3 heterocycles. The molecule has 11 nitrogen and oxygen atoms in total. The largest absolute Gasteiger partial charge is 0.448 e. The Labute approximate surface area is 273 Å². The van der Waals surface area contributed by atoms with Crippen LogP contribution in [-0.4, -0.2) is 72.1 Å². The van der Waals surface area contributed by atoms with Gasteiger partial charge in [0, 0.05) is 12.2 Å². The number of thiocarbonyl (C=S) groups is 1. The summed E-state index contributed by atoms with van der Waals surface area (Å²) in [4.78, 5) is 65.2. The number of nitrogens with zero attached hydrogens (tertiary/aromatic N) is 4. The van der Waals surface area contributed by atoms with E-state index >= 15 is 0 Å². The number of thioether (sulfide) groups is 1. The molecule has 226 valence electrons. The summed E-state index contributed by atoms with van der Waals surface area (Å²) in [6, 6.07) is 15.6. The van der Waals surface area contributed by atoms with Crippen molar-refractivity contribution in [3.63, 3.8) is 0 Å². The molecule has 0 saturated carbocycles. The van der Waals surface area contributed by atoms with Gasteiger partial charge < -0.3 is 10.1 Å². The number of hydrogen-bond acceptors (Lipinski definition) is 12. The van der Waals surface area contributed by atoms with Gasteiger partial charge in [-0.3, -0.25) is 19.3 Å². The van der Waals surface area contributed by atoms with E-state index in [0.717, 1.165) is 16.1 Å². The van der Waals surface area contributed by atoms with Gasteiger partial charge in [0.15, 0.2) is 16.9 Å². The number of amides is 2. The Hall–Kier alpha value is -3.66. The second-order valence-electron chi connectivity index (χ2n) is 9.79. The van der Waals surface area contributed by atoms with Crippen LogP contribution in [0, 0.1) is 11.8 Å². The highest BCUT2D eigenvalue weighted by Crippen LogP contribution is 2.43. The zero-order valence-corrected chi connectivity index (χ0v) is 27.1. The minimum absolute atomic E-state index is 0.0336. The summed E-state index contributed by atoms with van der Waals surface area (Å²) >= 11 is 11.2. The van der Waals surface area contributed by atoms with E-state index in [1.165, 1.54) is 28.0 Å². The molecular formula is C29H24BrN5O6S3. The molecule has 3 unspecified atom stereocenters. The Kier molecular flexibility index (Phi) is 10.1. The van der Waals surface area contributed by atoms with Crippen molar-refractivity contribution in [2.24, 2.45) is 5.18 Å². The van der Waals surface area contributed by atoms with Crippen LogP contribution in [0.2, 0.25) is 0 Å². The fraction of sp³-hybridized carbons (Fsp3) is 0.276. The number of alkyl halides is 1. The fourth-order valence-electron chi connectivity index (χ4n) is 4.79. The van der Waals surface area contributed by atoms with Crippen molar-refractivity contribution < 1.29 is 23.9 Å². The van der Waals surface area contributed by atoms with Crippen molar-refractivity contribution in [1.29, 1.82) is 0 Å². The maximum atomic E-state index is 14.1. The fourth-order valence-corrected chi connectivity index (χ4v) is 7.41. The minimum atomic E-state index is -1.80. The maximum absolute atomic E-state index is 14.1. The number of carbonyl (C=O) groups is 4. The molecule has 2 aliphatic rings. The van der Waals surface area contributed by atoms with Gasteiger partial charge in [-0.05, 0) is 28.8 Å². The lowest BCUT2D eigenvalue weighted by Crippen LogP contribution is -2.71. The number of nitrogens with one attached hydrogen (secondary N) is 1. The van der Waals surface area contributed by atoms with Crippen LogP contribution in [0.25, 0.3) is 0 Å². The number of nitroso groups, excluding NO2 is 1. The molecule has 1 fully saturated rings. The summed E-state index contributed by atoms with van der Waals surface area (Å²) in [5.74, 6) is -2.76. The second-order valence-corrected chi connectivity index (χ2v) is 13.1. The molecule has 44 heavy (non-hydrogen) atoms. The predicted molar refractivity (Wildman–Crippen MR) is 172 cm³/mol. The number of rotatable bonds is 12. The monoisotopic (exact) mass is 713 g/mol. The molecular weight excluding hydrogens is 690 g/mol. The first-order valence-corrected chi connectivity index (χ1v) is 16.6. The number of aryl methyl sites for hydroxylation is 1. The molecule has 0 spiro atoms. The third-order valence-corrected chi connectivity index (χ3v) is 10.2. The van der Waals surface area contributed by atoms with Crippen LogP contribution in [0.4, 0.5) is 0 Å². The Morgan fingerprint density at radius 2 is 1.75 bits per heavy atom. The molecule has 1 N–H and O–H groups in total. The Morgan fingerprint density at radius 1 is 1.11 bits per heavy atom. The molecule has 2 aliphatic heterocycles. The van der Waals surface area contributed by atoms with Crippen LogP contribution >= 0.6 is 51.2 Å². The summed E-state index contributed by atoms with van der Waals surface area (Å²) in [6.45, 7) is 1.81. The molecule has 0 radical (unpaired) electrons. The number of carbonyl (C=O) groups excluding carboxylic acids is 4. The number of Topliss-reactive ketones (excluding diaryl/α,β-unsaturated/α-hetero) is 1. The number of benzene rings is 2. The summed E-state index contributed by atoms with van der Waals surface area (Å²) in [5, 5.41) is 13.6. The first-order valence-electron chi connectivity index (χ1n) is 13.3. The molecule has 1 saturated heterocycles. The van der Waals surface area contributed by atoms with Crippen LogP contribution in [0.3, 0.4) is 0 Å². The Morgan fingerprint density at radius 3 is 2.30 bits per heavy atom. The van der Waals surface area contributed by atoms with Crippen LogP contribution in [0.5, 0.6) is 0 Å². The molecule has 1 aromatic heterocycles. The van der Waals surface area contributed by atoms with E-state index in [9.17, 15) is 24.1 Å². The van der Waals surface area contributed by atoms with Gasteiger partial charge in [0.25, 0.3) is 11.8 Å². The molecule has 2 aromatic carbocycles. The summed E-state index contributed by atoms with van der Waals surface area (Å²) in [6.07, 6.45) is -0.612. The zero-order chi connectivity index (χ0) is 31.4. The van der Waals surface area contributed by atoms with Crippen LogP contribution in [0.15, 0.2) is 77.1 Å². The summed E-state index contributed by atoms with van der Waals surface area (Å²) in [7, 11) is 0. The number of β-lactam (4-membered cyclic amide) rings is 1. The van der Waals surface area contributed by atoms with Gasteiger partial charge in [0.05, 0.1) is 10.2 Å². The smallest absolute Gasteiger partial charge is 0.356 e. The van der Waals surface area contributed by atoms with Crippen LogP contribution in [-0.2, 0) is 23.9 Å². The first kappa shape index (κ1) is 31.8. The highest BCUT2D eigenvalue weighted by molar-refractivity contribution is 9.09. The van der Waals surface area contributed by atoms with E-state index in [1.807, 2.05) is 67.6 Å². The number of fused-ring (bicyclic) bond motifs is 1. The summed E-state index contributed by atoms with van der Waals surface area (Å²) in [5.41, 5.74) is 2.07. The average molecular weight is 715 g/mol. The quantitative estimate of drug-likeness (QED) is 0.0555. The summed E-state index contributed by atoms with van der Waals surface area (Å²) < 4.78 is 6.14. The van der Waals surface area contributed by atoms with E-state index < -0.39 is 47.1 Å². The van der Waals surface area contributed by atoms with Gasteiger partial charge in [0.1, 0.15) is 22.1 Å². The highest BCUT2D eigenvalue weighted by atomic mass is 79.9. The van der Waals surface area contributed by atoms with E-state index in [2.05, 4.69) is 36.6 Å². The first-order chi connectivity index (χ1) is 21.2. The van der Waals surface area contributed by atoms with Gasteiger partial charge in [-0.15, -0.1) is 26.9 Å². The van der Waals surface area contributed by atoms with Crippen molar-refractivity contribution in [1.82, 2.24) is 20.4 Å². The number of ketones is 1. The minimum Gasteiger partial charge on any atom is -0.448 e. The molecule has 0 bridgehead atoms. The van der Waals surface area contributed by atoms with Crippen molar-refractivity contribution in [3.8, 4) is 0 Å². The number of ether oxygens (including phenoxy) is 1. The van der Waals surface area contributed by atoms with Gasteiger partial charge in [0.2, 0.25) is 6.04 Å². The molecule has 15 heteroatoms. The van der Waals surface area contributed by atoms with Gasteiger partial charge in [-0.25, -0.2) is 4.79 Å². The standard InChI is InChI=1S/C29H24BrN5O6S3/c1-15-32-33-26(44-15)20(42)12-18-14-43-28-22(31-25(37)21(34-40)19(36)13-30)27(38)35(28)23(18)29(39)41-24(16-8-4-2-5-9-16)17-10-6-3-7-11-17/h2-11,21-22,24,28H,12-14H2,1H3,(H,31,37). The van der Waals surface area contributed by atoms with E-state index in [4.69, 9.17) is 17.0 Å². The lowest BCUT2D eigenvalue weighted by molar-refractivity contribution is -0.154. The molecule has 0 aliphatic carbocycles. The average Bonchev–Trinajstić information content (AvgIpc) is 3.49. The topological polar surface area (TPSA) is 148 Å². The number of halogens is 1. The lowest BCUT2D eigenvalue weighted by Gasteiger charge is -2.50. The third-order valence-electron chi connectivity index (χ3n) is 6.90. The van der Waals surface area contributed by atoms with Crippen LogP contribution in [0.1, 0.15) is 33.7 Å². The zero-order valence-electron chi connectivity index (χ0n) is 23.0. The normalized spacial score (nSPS) is 18.2. The van der Waals surface area contributed by atoms with Gasteiger partial charge in [-0.2, -0.15) is 0 Å².